The van der Waals surface area contributed by atoms with Gasteiger partial charge in [-0.25, -0.2) is 0 Å². The number of halogens is 3. The predicted octanol–water partition coefficient (Wildman–Crippen LogP) is 5.26. The molecule has 0 radical (unpaired) electrons. The molecule has 1 aliphatic heterocycles. The minimum absolute atomic E-state index is 0.351. The molecule has 8 heteroatoms. The monoisotopic (exact) mass is 524 g/mol. The van der Waals surface area contributed by atoms with Gasteiger partial charge >= 0.3 is 0 Å². The summed E-state index contributed by atoms with van der Waals surface area (Å²) in [4.78, 5) is 39.5. The second-order valence-corrected chi connectivity index (χ2v) is 10.8. The zero-order valence-corrected chi connectivity index (χ0v) is 20.7. The van der Waals surface area contributed by atoms with Crippen LogP contribution < -0.4 is 5.32 Å². The van der Waals surface area contributed by atoms with Crippen molar-refractivity contribution in [3.8, 4) is 0 Å². The number of alkyl halides is 2. The Bertz CT molecular complexity index is 1320. The molecule has 1 N–H and O–H groups in total. The second kappa shape index (κ2) is 7.57. The maximum Gasteiger partial charge on any atom is 0.247 e. The van der Waals surface area contributed by atoms with Gasteiger partial charge in [0.2, 0.25) is 17.7 Å². The maximum absolute atomic E-state index is 13.9. The molecule has 1 heterocycles. The van der Waals surface area contributed by atoms with Gasteiger partial charge in [0, 0.05) is 0 Å². The van der Waals surface area contributed by atoms with Gasteiger partial charge in [-0.05, 0) is 41.3 Å². The number of para-hydroxylation sites is 1. The Morgan fingerprint density at radius 3 is 1.63 bits per heavy atom. The number of likely N-dealkylation sites (tertiary alicyclic amines) is 1. The van der Waals surface area contributed by atoms with E-state index in [-0.39, 0.29) is 0 Å². The van der Waals surface area contributed by atoms with E-state index in [1.807, 2.05) is 48.5 Å². The second-order valence-electron chi connectivity index (χ2n) is 9.16. The van der Waals surface area contributed by atoms with Crippen LogP contribution in [0.15, 0.2) is 72.8 Å². The summed E-state index contributed by atoms with van der Waals surface area (Å²) >= 11 is 21.0. The highest BCUT2D eigenvalue weighted by atomic mass is 35.5. The number of anilines is 1. The van der Waals surface area contributed by atoms with E-state index in [0.717, 1.165) is 4.90 Å². The zero-order valence-electron chi connectivity index (χ0n) is 18.5. The van der Waals surface area contributed by atoms with Crippen molar-refractivity contribution in [3.05, 3.63) is 100 Å². The lowest BCUT2D eigenvalue weighted by molar-refractivity contribution is -0.146. The van der Waals surface area contributed by atoms with Crippen LogP contribution in [0, 0.1) is 11.8 Å². The third kappa shape index (κ3) is 2.75. The van der Waals surface area contributed by atoms with E-state index >= 15 is 0 Å². The van der Waals surface area contributed by atoms with Crippen LogP contribution in [-0.2, 0) is 24.1 Å². The number of carbonyl (C=O) groups is 3. The van der Waals surface area contributed by atoms with Crippen molar-refractivity contribution in [2.45, 2.75) is 22.7 Å². The van der Waals surface area contributed by atoms with Crippen LogP contribution in [0.3, 0.4) is 0 Å². The SMILES string of the molecule is C[C@H](C(=O)Nc1ccccc1Cl)N1C(=O)[C@@H]2[C@H](C1=O)C1(Cl)c3ccccc3C2(Cl)c2ccccc21. The third-order valence-corrected chi connectivity index (χ3v) is 9.13. The van der Waals surface area contributed by atoms with Gasteiger partial charge in [0.25, 0.3) is 0 Å². The lowest BCUT2D eigenvalue weighted by Gasteiger charge is -2.54. The minimum Gasteiger partial charge on any atom is -0.323 e. The fraction of sp³-hybridized carbons (Fsp3) is 0.222. The van der Waals surface area contributed by atoms with E-state index in [2.05, 4.69) is 5.32 Å². The highest BCUT2D eigenvalue weighted by Crippen LogP contribution is 2.69. The molecular formula is C27H19Cl3N2O3. The number of benzene rings is 3. The molecule has 0 unspecified atom stereocenters. The molecule has 3 atom stereocenters. The maximum atomic E-state index is 13.9. The van der Waals surface area contributed by atoms with Crippen LogP contribution in [-0.4, -0.2) is 28.7 Å². The lowest BCUT2D eigenvalue weighted by atomic mass is 9.54. The van der Waals surface area contributed by atoms with E-state index in [0.29, 0.717) is 33.0 Å². The van der Waals surface area contributed by atoms with Gasteiger partial charge in [-0.1, -0.05) is 72.3 Å². The summed E-state index contributed by atoms with van der Waals surface area (Å²) in [6, 6.07) is 20.5. The van der Waals surface area contributed by atoms with Crippen LogP contribution in [0.4, 0.5) is 5.69 Å². The van der Waals surface area contributed by atoms with Gasteiger partial charge in [0.1, 0.15) is 15.8 Å². The Morgan fingerprint density at radius 1 is 0.800 bits per heavy atom. The number of nitrogens with one attached hydrogen (secondary N) is 1. The van der Waals surface area contributed by atoms with Crippen molar-refractivity contribution >= 4 is 58.2 Å². The van der Waals surface area contributed by atoms with E-state index < -0.39 is 45.3 Å². The zero-order chi connectivity index (χ0) is 24.7. The first-order chi connectivity index (χ1) is 16.7. The van der Waals surface area contributed by atoms with Crippen LogP contribution in [0.2, 0.25) is 5.02 Å². The Hall–Kier alpha value is -2.86. The molecule has 3 aromatic rings. The molecule has 3 aromatic carbocycles. The normalized spacial score (nSPS) is 28.9. The Balaban J connectivity index is 1.46. The summed E-state index contributed by atoms with van der Waals surface area (Å²) < 4.78 is 0. The molecule has 7 rings (SSSR count). The molecule has 2 bridgehead atoms. The predicted molar refractivity (Wildman–Crippen MR) is 135 cm³/mol. The quantitative estimate of drug-likeness (QED) is 0.375. The molecule has 0 spiro atoms. The largest absolute Gasteiger partial charge is 0.323 e. The van der Waals surface area contributed by atoms with Crippen molar-refractivity contribution in [2.75, 3.05) is 5.32 Å². The van der Waals surface area contributed by atoms with Gasteiger partial charge in [0.15, 0.2) is 0 Å². The number of rotatable bonds is 3. The summed E-state index contributed by atoms with van der Waals surface area (Å²) in [6.07, 6.45) is 0. The number of hydrogen-bond donors (Lipinski definition) is 1. The average Bonchev–Trinajstić information content (AvgIpc) is 3.14. The Kier molecular flexibility index (Phi) is 4.89. The van der Waals surface area contributed by atoms with E-state index in [9.17, 15) is 14.4 Å². The highest BCUT2D eigenvalue weighted by molar-refractivity contribution is 6.36. The molecule has 4 aliphatic rings. The summed E-state index contributed by atoms with van der Waals surface area (Å²) in [5.41, 5.74) is 3.26. The molecule has 0 aromatic heterocycles. The summed E-state index contributed by atoms with van der Waals surface area (Å²) in [7, 11) is 0. The van der Waals surface area contributed by atoms with Crippen molar-refractivity contribution in [1.29, 1.82) is 0 Å². The van der Waals surface area contributed by atoms with Gasteiger partial charge in [-0.2, -0.15) is 0 Å². The fourth-order valence-corrected chi connectivity index (χ4v) is 7.27. The van der Waals surface area contributed by atoms with Crippen molar-refractivity contribution in [3.63, 3.8) is 0 Å². The van der Waals surface area contributed by atoms with Gasteiger partial charge in [-0.3, -0.25) is 19.3 Å². The van der Waals surface area contributed by atoms with Crippen LogP contribution >= 0.6 is 34.8 Å². The Labute approximate surface area is 217 Å². The standard InChI is InChI=1S/C27H19Cl3N2O3/c1-14(23(33)31-20-13-7-6-12-19(20)28)32-24(34)21-22(25(32)35)27(30)16-9-3-2-8-15(16)26(21,29)17-10-4-5-11-18(17)27/h2-14,21-22H,1H3,(H,31,33)/t14-,21-,22+,26?,27?/m1/s1. The van der Waals surface area contributed by atoms with Crippen LogP contribution in [0.5, 0.6) is 0 Å². The van der Waals surface area contributed by atoms with Crippen molar-refractivity contribution in [1.82, 2.24) is 4.90 Å². The fourth-order valence-electron chi connectivity index (χ4n) is 5.99. The summed E-state index contributed by atoms with van der Waals surface area (Å²) in [6.45, 7) is 1.52. The third-order valence-electron chi connectivity index (χ3n) is 7.52. The first-order valence-corrected chi connectivity index (χ1v) is 12.4. The smallest absolute Gasteiger partial charge is 0.247 e. The molecule has 0 saturated carbocycles. The minimum atomic E-state index is -1.28. The molecule has 1 fully saturated rings. The highest BCUT2D eigenvalue weighted by Gasteiger charge is 2.73. The molecule has 5 nitrogen and oxygen atoms in total. The molecule has 1 saturated heterocycles. The topological polar surface area (TPSA) is 66.5 Å². The Morgan fingerprint density at radius 2 is 1.20 bits per heavy atom. The summed E-state index contributed by atoms with van der Waals surface area (Å²) in [5, 5.41) is 3.07. The van der Waals surface area contributed by atoms with Crippen LogP contribution in [0.25, 0.3) is 0 Å². The lowest BCUT2D eigenvalue weighted by Crippen LogP contribution is -2.57. The van der Waals surface area contributed by atoms with Crippen LogP contribution in [0.1, 0.15) is 29.2 Å². The van der Waals surface area contributed by atoms with Gasteiger partial charge in [0.05, 0.1) is 22.5 Å². The number of carbonyl (C=O) groups excluding carboxylic acids is 3. The van der Waals surface area contributed by atoms with Crippen molar-refractivity contribution < 1.29 is 14.4 Å². The number of hydrogen-bond acceptors (Lipinski definition) is 3. The van der Waals surface area contributed by atoms with Crippen molar-refractivity contribution in [2.24, 2.45) is 11.8 Å². The molecule has 35 heavy (non-hydrogen) atoms. The van der Waals surface area contributed by atoms with E-state index in [1.54, 1.807) is 24.3 Å². The van der Waals surface area contributed by atoms with E-state index in [4.69, 9.17) is 34.8 Å². The molecule has 176 valence electrons. The average molecular weight is 526 g/mol. The van der Waals surface area contributed by atoms with Gasteiger partial charge in [-0.15, -0.1) is 23.2 Å². The van der Waals surface area contributed by atoms with Gasteiger partial charge < -0.3 is 5.32 Å². The number of amides is 3. The molecular weight excluding hydrogens is 507 g/mol. The number of nitrogens with zero attached hydrogens (tertiary/aromatic N) is 1. The molecule has 3 aliphatic carbocycles. The first-order valence-electron chi connectivity index (χ1n) is 11.2. The first kappa shape index (κ1) is 22.6. The number of imide groups is 1. The molecule has 3 amide bonds. The van der Waals surface area contributed by atoms with E-state index in [1.165, 1.54) is 6.92 Å². The summed E-state index contributed by atoms with van der Waals surface area (Å²) in [5.74, 6) is -3.45.